The number of nitrogens with zero attached hydrogens (tertiary/aromatic N) is 1. The molecule has 22 heavy (non-hydrogen) atoms. The third kappa shape index (κ3) is 2.91. The van der Waals surface area contributed by atoms with Crippen molar-refractivity contribution in [3.05, 3.63) is 32.0 Å². The van der Waals surface area contributed by atoms with E-state index in [-0.39, 0.29) is 5.91 Å². The highest BCUT2D eigenvalue weighted by molar-refractivity contribution is 7.18. The second kappa shape index (κ2) is 6.18. The van der Waals surface area contributed by atoms with E-state index in [1.165, 1.54) is 30.4 Å². The number of anilines is 1. The molecule has 2 aromatic heterocycles. The number of rotatable bonds is 3. The summed E-state index contributed by atoms with van der Waals surface area (Å²) in [5.41, 5.74) is 1.87. The van der Waals surface area contributed by atoms with Gasteiger partial charge in [0.25, 0.3) is 5.91 Å². The summed E-state index contributed by atoms with van der Waals surface area (Å²) in [6.45, 7) is 1.72. The fourth-order valence-electron chi connectivity index (χ4n) is 2.49. The maximum Gasteiger partial charge on any atom is 0.350 e. The number of thiazole rings is 1. The number of thiophene rings is 1. The number of amides is 1. The average Bonchev–Trinajstić information content (AvgIpc) is 3.09. The van der Waals surface area contributed by atoms with E-state index < -0.39 is 5.97 Å². The summed E-state index contributed by atoms with van der Waals surface area (Å²) in [5, 5.41) is 3.20. The van der Waals surface area contributed by atoms with E-state index in [4.69, 9.17) is 4.74 Å². The second-order valence-corrected chi connectivity index (χ2v) is 7.28. The molecule has 1 amide bonds. The van der Waals surface area contributed by atoms with Gasteiger partial charge in [-0.05, 0) is 44.2 Å². The van der Waals surface area contributed by atoms with Gasteiger partial charge in [-0.2, -0.15) is 0 Å². The van der Waals surface area contributed by atoms with E-state index >= 15 is 0 Å². The van der Waals surface area contributed by atoms with Crippen LogP contribution in [0.15, 0.2) is 6.07 Å². The number of aromatic nitrogens is 1. The third-order valence-electron chi connectivity index (χ3n) is 3.61. The summed E-state index contributed by atoms with van der Waals surface area (Å²) >= 11 is 2.69. The normalized spacial score (nSPS) is 13.5. The molecule has 5 nitrogen and oxygen atoms in total. The van der Waals surface area contributed by atoms with Gasteiger partial charge in [-0.25, -0.2) is 9.78 Å². The summed E-state index contributed by atoms with van der Waals surface area (Å²) in [6.07, 6.45) is 4.51. The molecule has 0 saturated heterocycles. The average molecular weight is 336 g/mol. The number of hydrogen-bond acceptors (Lipinski definition) is 6. The van der Waals surface area contributed by atoms with Crippen LogP contribution >= 0.6 is 22.7 Å². The highest BCUT2D eigenvalue weighted by atomic mass is 32.1. The highest BCUT2D eigenvalue weighted by Gasteiger charge is 2.20. The number of methoxy groups -OCH3 is 1. The molecular formula is C15H16N2O3S2. The largest absolute Gasteiger partial charge is 0.465 e. The number of aryl methyl sites for hydroxylation is 3. The van der Waals surface area contributed by atoms with Crippen LogP contribution in [0.1, 0.15) is 48.3 Å². The van der Waals surface area contributed by atoms with E-state index in [1.54, 1.807) is 18.3 Å². The Morgan fingerprint density at radius 1 is 1.27 bits per heavy atom. The van der Waals surface area contributed by atoms with Crippen LogP contribution in [0.5, 0.6) is 0 Å². The van der Waals surface area contributed by atoms with Crippen molar-refractivity contribution in [1.29, 1.82) is 0 Å². The lowest BCUT2D eigenvalue weighted by atomic mass is 9.99. The van der Waals surface area contributed by atoms with Crippen molar-refractivity contribution in [3.8, 4) is 0 Å². The van der Waals surface area contributed by atoms with Crippen LogP contribution in [0.3, 0.4) is 0 Å². The van der Waals surface area contributed by atoms with Crippen molar-refractivity contribution in [2.45, 2.75) is 32.6 Å². The zero-order chi connectivity index (χ0) is 15.7. The summed E-state index contributed by atoms with van der Waals surface area (Å²) < 4.78 is 4.70. The van der Waals surface area contributed by atoms with Crippen molar-refractivity contribution in [2.75, 3.05) is 12.4 Å². The molecule has 0 spiro atoms. The number of ether oxygens (including phenoxy) is 1. The maximum atomic E-state index is 12.3. The minimum absolute atomic E-state index is 0.162. The zero-order valence-corrected chi connectivity index (χ0v) is 14.0. The van der Waals surface area contributed by atoms with E-state index in [9.17, 15) is 9.59 Å². The van der Waals surface area contributed by atoms with E-state index in [1.807, 2.05) is 6.07 Å². The van der Waals surface area contributed by atoms with Crippen molar-refractivity contribution in [2.24, 2.45) is 0 Å². The molecule has 0 bridgehead atoms. The van der Waals surface area contributed by atoms with Crippen molar-refractivity contribution in [1.82, 2.24) is 4.98 Å². The van der Waals surface area contributed by atoms with Crippen molar-refractivity contribution in [3.63, 3.8) is 0 Å². The molecule has 3 rings (SSSR count). The fraction of sp³-hybridized carbons (Fsp3) is 0.400. The van der Waals surface area contributed by atoms with Gasteiger partial charge in [-0.3, -0.25) is 10.1 Å². The molecule has 0 atom stereocenters. The number of esters is 1. The molecule has 1 aliphatic rings. The van der Waals surface area contributed by atoms with Crippen molar-refractivity contribution >= 4 is 39.7 Å². The van der Waals surface area contributed by atoms with Gasteiger partial charge >= 0.3 is 5.97 Å². The summed E-state index contributed by atoms with van der Waals surface area (Å²) in [5.74, 6) is -0.591. The van der Waals surface area contributed by atoms with Crippen LogP contribution in [-0.4, -0.2) is 24.0 Å². The van der Waals surface area contributed by atoms with Gasteiger partial charge in [-0.1, -0.05) is 11.3 Å². The Morgan fingerprint density at radius 2 is 2.05 bits per heavy atom. The Bertz CT molecular complexity index is 710. The molecule has 0 aromatic carbocycles. The first kappa shape index (κ1) is 15.2. The Morgan fingerprint density at radius 3 is 2.77 bits per heavy atom. The number of hydrogen-bond donors (Lipinski definition) is 1. The molecule has 0 saturated carbocycles. The van der Waals surface area contributed by atoms with Gasteiger partial charge in [0.05, 0.1) is 17.7 Å². The van der Waals surface area contributed by atoms with Gasteiger partial charge in [0.15, 0.2) is 5.13 Å². The predicted molar refractivity (Wildman–Crippen MR) is 87.1 cm³/mol. The molecule has 0 radical (unpaired) electrons. The van der Waals surface area contributed by atoms with Crippen LogP contribution in [0.4, 0.5) is 5.13 Å². The first-order chi connectivity index (χ1) is 10.6. The van der Waals surface area contributed by atoms with E-state index in [0.29, 0.717) is 20.6 Å². The minimum atomic E-state index is -0.429. The second-order valence-electron chi connectivity index (χ2n) is 5.15. The SMILES string of the molecule is COC(=O)c1sc(NC(=O)c2cc3c(s2)CCCC3)nc1C. The Kier molecular flexibility index (Phi) is 4.26. The number of carbonyl (C=O) groups is 2. The van der Waals surface area contributed by atoms with Gasteiger partial charge in [0.1, 0.15) is 4.88 Å². The standard InChI is InChI=1S/C15H16N2O3S2/c1-8-12(14(19)20-2)22-15(16-8)17-13(18)11-7-9-5-3-4-6-10(9)21-11/h7H,3-6H2,1-2H3,(H,16,17,18). The fourth-order valence-corrected chi connectivity index (χ4v) is 4.52. The molecule has 1 aliphatic carbocycles. The molecule has 0 fully saturated rings. The first-order valence-corrected chi connectivity index (χ1v) is 8.70. The smallest absolute Gasteiger partial charge is 0.350 e. The lowest BCUT2D eigenvalue weighted by Crippen LogP contribution is -2.09. The van der Waals surface area contributed by atoms with E-state index in [0.717, 1.165) is 24.2 Å². The molecule has 2 aromatic rings. The Hall–Kier alpha value is -1.73. The van der Waals surface area contributed by atoms with E-state index in [2.05, 4.69) is 10.3 Å². The predicted octanol–water partition coefficient (Wildman–Crippen LogP) is 3.43. The highest BCUT2D eigenvalue weighted by Crippen LogP contribution is 2.30. The number of nitrogens with one attached hydrogen (secondary N) is 1. The molecule has 0 aliphatic heterocycles. The zero-order valence-electron chi connectivity index (χ0n) is 12.4. The van der Waals surface area contributed by atoms with Crippen LogP contribution in [-0.2, 0) is 17.6 Å². The third-order valence-corrected chi connectivity index (χ3v) is 5.90. The van der Waals surface area contributed by atoms with Crippen LogP contribution in [0.2, 0.25) is 0 Å². The molecule has 1 N–H and O–H groups in total. The molecule has 0 unspecified atom stereocenters. The quantitative estimate of drug-likeness (QED) is 0.872. The number of carbonyl (C=O) groups excluding carboxylic acids is 2. The van der Waals surface area contributed by atoms with Gasteiger partial charge in [-0.15, -0.1) is 11.3 Å². The molecule has 7 heteroatoms. The Balaban J connectivity index is 1.77. The molecular weight excluding hydrogens is 320 g/mol. The van der Waals surface area contributed by atoms with Crippen molar-refractivity contribution < 1.29 is 14.3 Å². The first-order valence-electron chi connectivity index (χ1n) is 7.07. The van der Waals surface area contributed by atoms with Crippen LogP contribution in [0.25, 0.3) is 0 Å². The van der Waals surface area contributed by atoms with Crippen LogP contribution in [0, 0.1) is 6.92 Å². The summed E-state index contributed by atoms with van der Waals surface area (Å²) in [4.78, 5) is 30.6. The summed E-state index contributed by atoms with van der Waals surface area (Å²) in [6, 6.07) is 1.98. The lowest BCUT2D eigenvalue weighted by molar-refractivity contribution is 0.0605. The monoisotopic (exact) mass is 336 g/mol. The lowest BCUT2D eigenvalue weighted by Gasteiger charge is -2.08. The summed E-state index contributed by atoms with van der Waals surface area (Å²) in [7, 11) is 1.33. The van der Waals surface area contributed by atoms with Gasteiger partial charge < -0.3 is 4.74 Å². The maximum absolute atomic E-state index is 12.3. The molecule has 116 valence electrons. The van der Waals surface area contributed by atoms with Crippen LogP contribution < -0.4 is 5.32 Å². The number of fused-ring (bicyclic) bond motifs is 1. The minimum Gasteiger partial charge on any atom is -0.465 e. The molecule has 2 heterocycles. The van der Waals surface area contributed by atoms with Gasteiger partial charge in [0, 0.05) is 4.88 Å². The van der Waals surface area contributed by atoms with Gasteiger partial charge in [0.2, 0.25) is 0 Å². The topological polar surface area (TPSA) is 68.3 Å². The Labute approximate surface area is 136 Å².